The van der Waals surface area contributed by atoms with Crippen LogP contribution in [0, 0.1) is 12.8 Å². The molecule has 1 aromatic rings. The number of nitrogens with one attached hydrogen (secondary N) is 1. The average Bonchev–Trinajstić information content (AvgIpc) is 2.78. The van der Waals surface area contributed by atoms with Crippen LogP contribution in [0.25, 0.3) is 0 Å². The van der Waals surface area contributed by atoms with Crippen molar-refractivity contribution in [2.45, 2.75) is 51.6 Å². The third kappa shape index (κ3) is 3.59. The maximum absolute atomic E-state index is 10.4. The van der Waals surface area contributed by atoms with Crippen LogP contribution in [0.2, 0.25) is 0 Å². The molecule has 1 heterocycles. The molecule has 1 aromatic heterocycles. The summed E-state index contributed by atoms with van der Waals surface area (Å²) in [4.78, 5) is 0. The Labute approximate surface area is 110 Å². The van der Waals surface area contributed by atoms with Crippen molar-refractivity contribution in [3.05, 3.63) is 23.7 Å². The highest BCUT2D eigenvalue weighted by Gasteiger charge is 2.26. The Bertz CT molecular complexity index is 364. The van der Waals surface area contributed by atoms with E-state index in [2.05, 4.69) is 5.32 Å². The van der Waals surface area contributed by atoms with Gasteiger partial charge in [0, 0.05) is 6.54 Å². The molecule has 18 heavy (non-hydrogen) atoms. The summed E-state index contributed by atoms with van der Waals surface area (Å²) in [5, 5.41) is 13.8. The van der Waals surface area contributed by atoms with Gasteiger partial charge in [0.2, 0.25) is 0 Å². The predicted octanol–water partition coefficient (Wildman–Crippen LogP) is 2.97. The van der Waals surface area contributed by atoms with Crippen LogP contribution in [0.15, 0.2) is 16.5 Å². The van der Waals surface area contributed by atoms with Gasteiger partial charge in [-0.1, -0.05) is 19.3 Å². The Hall–Kier alpha value is -0.800. The summed E-state index contributed by atoms with van der Waals surface area (Å²) in [5.74, 6) is 2.28. The Morgan fingerprint density at radius 3 is 2.67 bits per heavy atom. The Morgan fingerprint density at radius 2 is 2.06 bits per heavy atom. The molecule has 0 amide bonds. The molecule has 3 heteroatoms. The van der Waals surface area contributed by atoms with Gasteiger partial charge in [0.25, 0.3) is 0 Å². The minimum Gasteiger partial charge on any atom is -0.463 e. The molecular formula is C15H25NO2. The molecule has 1 saturated carbocycles. The minimum atomic E-state index is -0.914. The molecule has 3 nitrogen and oxygen atoms in total. The summed E-state index contributed by atoms with van der Waals surface area (Å²) in [6, 6.07) is 3.75. The first kappa shape index (κ1) is 13.6. The van der Waals surface area contributed by atoms with Crippen molar-refractivity contribution in [2.75, 3.05) is 13.1 Å². The van der Waals surface area contributed by atoms with Crippen molar-refractivity contribution in [2.24, 2.45) is 5.92 Å². The minimum absolute atomic E-state index is 0.552. The van der Waals surface area contributed by atoms with Crippen LogP contribution >= 0.6 is 0 Å². The lowest BCUT2D eigenvalue weighted by Gasteiger charge is -2.25. The highest BCUT2D eigenvalue weighted by molar-refractivity contribution is 5.12. The van der Waals surface area contributed by atoms with Crippen molar-refractivity contribution < 1.29 is 9.52 Å². The quantitative estimate of drug-likeness (QED) is 0.845. The zero-order chi connectivity index (χ0) is 13.0. The second kappa shape index (κ2) is 5.89. The third-order valence-electron chi connectivity index (χ3n) is 3.90. The van der Waals surface area contributed by atoms with Gasteiger partial charge >= 0.3 is 0 Å². The van der Waals surface area contributed by atoms with Gasteiger partial charge < -0.3 is 14.8 Å². The summed E-state index contributed by atoms with van der Waals surface area (Å²) in [6.45, 7) is 5.26. The standard InChI is InChI=1S/C15H25NO2/c1-12-8-9-14(18-12)15(2,17)11-16-10-13-6-4-3-5-7-13/h8-9,13,16-17H,3-7,10-11H2,1-2H3. The largest absolute Gasteiger partial charge is 0.463 e. The molecule has 1 atom stereocenters. The molecule has 2 rings (SSSR count). The van der Waals surface area contributed by atoms with Crippen molar-refractivity contribution in [1.82, 2.24) is 5.32 Å². The first-order valence-corrected chi connectivity index (χ1v) is 7.08. The van der Waals surface area contributed by atoms with Gasteiger partial charge in [-0.05, 0) is 51.3 Å². The zero-order valence-corrected chi connectivity index (χ0v) is 11.5. The van der Waals surface area contributed by atoms with Crippen LogP contribution in [-0.4, -0.2) is 18.2 Å². The lowest BCUT2D eigenvalue weighted by Crippen LogP contribution is -2.37. The number of hydrogen-bond donors (Lipinski definition) is 2. The molecule has 0 saturated heterocycles. The fraction of sp³-hybridized carbons (Fsp3) is 0.733. The average molecular weight is 251 g/mol. The van der Waals surface area contributed by atoms with Crippen molar-refractivity contribution in [3.8, 4) is 0 Å². The van der Waals surface area contributed by atoms with Gasteiger partial charge in [-0.3, -0.25) is 0 Å². The Morgan fingerprint density at radius 1 is 1.33 bits per heavy atom. The van der Waals surface area contributed by atoms with E-state index in [0.29, 0.717) is 12.3 Å². The molecule has 0 aliphatic heterocycles. The van der Waals surface area contributed by atoms with E-state index in [4.69, 9.17) is 4.42 Å². The van der Waals surface area contributed by atoms with Gasteiger partial charge in [-0.15, -0.1) is 0 Å². The lowest BCUT2D eigenvalue weighted by atomic mass is 9.89. The van der Waals surface area contributed by atoms with Crippen molar-refractivity contribution in [3.63, 3.8) is 0 Å². The summed E-state index contributed by atoms with van der Waals surface area (Å²) >= 11 is 0. The number of aryl methyl sites for hydroxylation is 1. The Balaban J connectivity index is 1.78. The molecule has 1 aliphatic rings. The predicted molar refractivity (Wildman–Crippen MR) is 72.5 cm³/mol. The SMILES string of the molecule is Cc1ccc(C(C)(O)CNCC2CCCCC2)o1. The monoisotopic (exact) mass is 251 g/mol. The van der Waals surface area contributed by atoms with Crippen LogP contribution in [-0.2, 0) is 5.60 Å². The van der Waals surface area contributed by atoms with Gasteiger partial charge in [0.1, 0.15) is 17.1 Å². The van der Waals surface area contributed by atoms with E-state index in [9.17, 15) is 5.11 Å². The summed E-state index contributed by atoms with van der Waals surface area (Å²) in [5.41, 5.74) is -0.914. The van der Waals surface area contributed by atoms with Crippen LogP contribution in [0.4, 0.5) is 0 Å². The summed E-state index contributed by atoms with van der Waals surface area (Å²) in [6.07, 6.45) is 6.77. The molecular weight excluding hydrogens is 226 g/mol. The van der Waals surface area contributed by atoms with Crippen LogP contribution in [0.1, 0.15) is 50.5 Å². The Kier molecular flexibility index (Phi) is 4.46. The second-order valence-corrected chi connectivity index (χ2v) is 5.82. The highest BCUT2D eigenvalue weighted by Crippen LogP contribution is 2.24. The van der Waals surface area contributed by atoms with E-state index in [1.54, 1.807) is 6.92 Å². The summed E-state index contributed by atoms with van der Waals surface area (Å²) < 4.78 is 5.50. The normalized spacial score (nSPS) is 20.8. The zero-order valence-electron chi connectivity index (χ0n) is 11.5. The van der Waals surface area contributed by atoms with Crippen molar-refractivity contribution in [1.29, 1.82) is 0 Å². The highest BCUT2D eigenvalue weighted by atomic mass is 16.4. The molecule has 1 fully saturated rings. The van der Waals surface area contributed by atoms with Gasteiger partial charge in [-0.25, -0.2) is 0 Å². The number of aliphatic hydroxyl groups is 1. The maximum atomic E-state index is 10.4. The fourth-order valence-electron chi connectivity index (χ4n) is 2.72. The van der Waals surface area contributed by atoms with E-state index < -0.39 is 5.60 Å². The molecule has 0 bridgehead atoms. The molecule has 1 aliphatic carbocycles. The molecule has 2 N–H and O–H groups in total. The number of hydrogen-bond acceptors (Lipinski definition) is 3. The first-order valence-electron chi connectivity index (χ1n) is 7.08. The van der Waals surface area contributed by atoms with E-state index in [1.165, 1.54) is 32.1 Å². The first-order chi connectivity index (χ1) is 8.58. The summed E-state index contributed by atoms with van der Waals surface area (Å²) in [7, 11) is 0. The van der Waals surface area contributed by atoms with Gasteiger partial charge in [-0.2, -0.15) is 0 Å². The van der Waals surface area contributed by atoms with E-state index >= 15 is 0 Å². The van der Waals surface area contributed by atoms with E-state index in [0.717, 1.165) is 18.2 Å². The van der Waals surface area contributed by atoms with Crippen LogP contribution in [0.5, 0.6) is 0 Å². The molecule has 1 unspecified atom stereocenters. The van der Waals surface area contributed by atoms with Crippen molar-refractivity contribution >= 4 is 0 Å². The molecule has 0 aromatic carbocycles. The topological polar surface area (TPSA) is 45.4 Å². The smallest absolute Gasteiger partial charge is 0.136 e. The molecule has 0 spiro atoms. The lowest BCUT2D eigenvalue weighted by molar-refractivity contribution is 0.0324. The van der Waals surface area contributed by atoms with Crippen LogP contribution in [0.3, 0.4) is 0 Å². The molecule has 0 radical (unpaired) electrons. The second-order valence-electron chi connectivity index (χ2n) is 5.82. The van der Waals surface area contributed by atoms with Crippen LogP contribution < -0.4 is 5.32 Å². The van der Waals surface area contributed by atoms with Gasteiger partial charge in [0.05, 0.1) is 0 Å². The number of rotatable bonds is 5. The number of furan rings is 1. The van der Waals surface area contributed by atoms with Gasteiger partial charge in [0.15, 0.2) is 0 Å². The maximum Gasteiger partial charge on any atom is 0.136 e. The molecule has 102 valence electrons. The fourth-order valence-corrected chi connectivity index (χ4v) is 2.72. The van der Waals surface area contributed by atoms with E-state index in [-0.39, 0.29) is 0 Å². The third-order valence-corrected chi connectivity index (χ3v) is 3.90. The van der Waals surface area contributed by atoms with E-state index in [1.807, 2.05) is 19.1 Å².